The second-order valence-corrected chi connectivity index (χ2v) is 5.52. The summed E-state index contributed by atoms with van der Waals surface area (Å²) in [4.78, 5) is 14.9. The molecule has 2 rings (SSSR count). The Hall–Kier alpha value is -1.70. The molecule has 20 heavy (non-hydrogen) atoms. The second kappa shape index (κ2) is 5.74. The van der Waals surface area contributed by atoms with E-state index in [4.69, 9.17) is 21.4 Å². The van der Waals surface area contributed by atoms with Crippen molar-refractivity contribution < 1.29 is 14.8 Å². The zero-order chi connectivity index (χ0) is 14.9. The van der Waals surface area contributed by atoms with Crippen molar-refractivity contribution in [2.45, 2.75) is 20.5 Å². The largest absolute Gasteiger partial charge is 0.430 e. The van der Waals surface area contributed by atoms with E-state index in [1.54, 1.807) is 19.9 Å². The van der Waals surface area contributed by atoms with Crippen LogP contribution in [0.2, 0.25) is 5.15 Å². The van der Waals surface area contributed by atoms with E-state index in [0.717, 1.165) is 16.9 Å². The van der Waals surface area contributed by atoms with Gasteiger partial charge in [0, 0.05) is 5.56 Å². The Morgan fingerprint density at radius 1 is 1.45 bits per heavy atom. The number of thiazole rings is 1. The lowest BCUT2D eigenvalue weighted by Gasteiger charge is -2.07. The third-order valence-corrected chi connectivity index (χ3v) is 4.00. The highest BCUT2D eigenvalue weighted by molar-refractivity contribution is 7.13. The van der Waals surface area contributed by atoms with Crippen molar-refractivity contribution >= 4 is 28.6 Å². The van der Waals surface area contributed by atoms with Crippen LogP contribution >= 0.6 is 22.9 Å². The van der Waals surface area contributed by atoms with Gasteiger partial charge < -0.3 is 9.84 Å². The van der Waals surface area contributed by atoms with Crippen LogP contribution < -0.4 is 4.74 Å². The topological polar surface area (TPSA) is 85.5 Å². The number of hydrogen-bond donors (Lipinski definition) is 1. The zero-order valence-corrected chi connectivity index (χ0v) is 12.3. The van der Waals surface area contributed by atoms with Crippen molar-refractivity contribution in [3.05, 3.63) is 43.4 Å². The minimum Gasteiger partial charge on any atom is -0.430 e. The second-order valence-electron chi connectivity index (χ2n) is 4.12. The molecule has 0 aliphatic rings. The van der Waals surface area contributed by atoms with Gasteiger partial charge >= 0.3 is 0 Å². The summed E-state index contributed by atoms with van der Waals surface area (Å²) in [5, 5.41) is 20.4. The van der Waals surface area contributed by atoms with E-state index in [1.807, 2.05) is 0 Å². The van der Waals surface area contributed by atoms with Crippen LogP contribution in [0.3, 0.4) is 0 Å². The van der Waals surface area contributed by atoms with Crippen LogP contribution in [0.25, 0.3) is 0 Å². The van der Waals surface area contributed by atoms with Crippen LogP contribution in [0.15, 0.2) is 12.1 Å². The van der Waals surface area contributed by atoms with Gasteiger partial charge in [-0.25, -0.2) is 0 Å². The molecule has 1 aromatic carbocycles. The number of aliphatic hydroxyl groups is 1. The molecule has 0 saturated carbocycles. The molecule has 6 nitrogen and oxygen atoms in total. The van der Waals surface area contributed by atoms with Gasteiger partial charge in [-0.1, -0.05) is 22.9 Å². The Bertz CT molecular complexity index is 672. The van der Waals surface area contributed by atoms with E-state index in [-0.39, 0.29) is 22.6 Å². The van der Waals surface area contributed by atoms with Gasteiger partial charge in [0.25, 0.3) is 10.9 Å². The minimum absolute atomic E-state index is 0.0179. The molecule has 1 heterocycles. The predicted octanol–water partition coefficient (Wildman–Crippen LogP) is 3.61. The first-order chi connectivity index (χ1) is 9.42. The monoisotopic (exact) mass is 314 g/mol. The van der Waals surface area contributed by atoms with E-state index < -0.39 is 4.92 Å². The van der Waals surface area contributed by atoms with Gasteiger partial charge in [0.1, 0.15) is 10.9 Å². The van der Waals surface area contributed by atoms with Crippen molar-refractivity contribution in [1.29, 1.82) is 0 Å². The van der Waals surface area contributed by atoms with Crippen LogP contribution in [-0.4, -0.2) is 15.0 Å². The van der Waals surface area contributed by atoms with E-state index in [2.05, 4.69) is 4.98 Å². The summed E-state index contributed by atoms with van der Waals surface area (Å²) in [6.45, 7) is 3.22. The third kappa shape index (κ3) is 2.90. The van der Waals surface area contributed by atoms with Crippen molar-refractivity contribution in [3.8, 4) is 10.9 Å². The molecule has 0 radical (unpaired) electrons. The highest BCUT2D eigenvalue weighted by atomic mass is 35.5. The Balaban J connectivity index is 2.37. The smallest absolute Gasteiger partial charge is 0.280 e. The average molecular weight is 315 g/mol. The number of benzene rings is 1. The number of aryl methyl sites for hydroxylation is 2. The molecule has 1 aromatic heterocycles. The van der Waals surface area contributed by atoms with E-state index in [1.165, 1.54) is 6.07 Å². The Morgan fingerprint density at radius 2 is 2.15 bits per heavy atom. The van der Waals surface area contributed by atoms with Gasteiger partial charge in [-0.05, 0) is 25.5 Å². The quantitative estimate of drug-likeness (QED) is 0.688. The van der Waals surface area contributed by atoms with Gasteiger partial charge in [0.2, 0.25) is 0 Å². The van der Waals surface area contributed by atoms with Crippen LogP contribution in [0.4, 0.5) is 5.69 Å². The predicted molar refractivity (Wildman–Crippen MR) is 75.7 cm³/mol. The van der Waals surface area contributed by atoms with Crippen molar-refractivity contribution in [1.82, 2.24) is 4.98 Å². The van der Waals surface area contributed by atoms with E-state index in [0.29, 0.717) is 16.2 Å². The maximum absolute atomic E-state index is 10.9. The molecule has 0 saturated heterocycles. The number of rotatable bonds is 4. The summed E-state index contributed by atoms with van der Waals surface area (Å²) in [5.74, 6) is 0.345. The fourth-order valence-electron chi connectivity index (χ4n) is 1.68. The molecule has 0 amide bonds. The first-order valence-electron chi connectivity index (χ1n) is 5.62. The molecule has 0 bridgehead atoms. The van der Waals surface area contributed by atoms with E-state index in [9.17, 15) is 10.1 Å². The Labute approximate surface area is 123 Å². The van der Waals surface area contributed by atoms with E-state index >= 15 is 0 Å². The summed E-state index contributed by atoms with van der Waals surface area (Å²) in [5.41, 5.74) is 1.30. The number of hydrogen-bond acceptors (Lipinski definition) is 6. The fraction of sp³-hybridized carbons (Fsp3) is 0.250. The zero-order valence-electron chi connectivity index (χ0n) is 10.7. The lowest BCUT2D eigenvalue weighted by molar-refractivity contribution is -0.385. The molecule has 0 unspecified atom stereocenters. The Kier molecular flexibility index (Phi) is 4.22. The van der Waals surface area contributed by atoms with Crippen molar-refractivity contribution in [3.63, 3.8) is 0 Å². The van der Waals surface area contributed by atoms with Gasteiger partial charge in [-0.2, -0.15) is 4.98 Å². The first-order valence-corrected chi connectivity index (χ1v) is 6.81. The lowest BCUT2D eigenvalue weighted by atomic mass is 10.1. The molecule has 0 spiro atoms. The molecular weight excluding hydrogens is 304 g/mol. The normalized spacial score (nSPS) is 10.6. The first kappa shape index (κ1) is 14.7. The fourth-order valence-corrected chi connectivity index (χ4v) is 2.65. The number of aromatic nitrogens is 1. The summed E-state index contributed by atoms with van der Waals surface area (Å²) >= 11 is 6.91. The van der Waals surface area contributed by atoms with Crippen LogP contribution in [0.5, 0.6) is 10.9 Å². The molecule has 0 fully saturated rings. The maximum Gasteiger partial charge on any atom is 0.280 e. The molecule has 0 atom stereocenters. The minimum atomic E-state index is -0.463. The molecule has 2 aromatic rings. The van der Waals surface area contributed by atoms with Gasteiger partial charge in [-0.15, -0.1) is 0 Å². The molecule has 0 aliphatic heterocycles. The molecule has 106 valence electrons. The third-order valence-electron chi connectivity index (χ3n) is 2.66. The van der Waals surface area contributed by atoms with Crippen LogP contribution in [0.1, 0.15) is 16.0 Å². The summed E-state index contributed by atoms with van der Waals surface area (Å²) < 4.78 is 5.53. The molecule has 1 N–H and O–H groups in total. The van der Waals surface area contributed by atoms with Crippen molar-refractivity contribution in [2.24, 2.45) is 0 Å². The highest BCUT2D eigenvalue weighted by Gasteiger charge is 2.17. The van der Waals surface area contributed by atoms with Crippen molar-refractivity contribution in [2.75, 3.05) is 0 Å². The summed E-state index contributed by atoms with van der Waals surface area (Å²) in [6.07, 6.45) is 0. The summed E-state index contributed by atoms with van der Waals surface area (Å²) in [6, 6.07) is 3.04. The SMILES string of the molecule is Cc1cc(C)c([N+](=O)[O-])cc1Oc1nc(Cl)c(CO)s1. The number of nitro groups is 1. The summed E-state index contributed by atoms with van der Waals surface area (Å²) in [7, 11) is 0. The maximum atomic E-state index is 10.9. The Morgan fingerprint density at radius 3 is 2.70 bits per heavy atom. The lowest BCUT2D eigenvalue weighted by Crippen LogP contribution is -1.95. The van der Waals surface area contributed by atoms with Gasteiger partial charge in [0.05, 0.1) is 22.5 Å². The standard InChI is InChI=1S/C12H11ClN2O4S/c1-6-3-7(2)9(4-8(6)15(17)18)19-12-14-11(13)10(5-16)20-12/h3-4,16H,5H2,1-2H3. The molecule has 0 aliphatic carbocycles. The highest BCUT2D eigenvalue weighted by Crippen LogP contribution is 2.35. The van der Waals surface area contributed by atoms with Gasteiger partial charge in [0.15, 0.2) is 0 Å². The number of halogens is 1. The molecular formula is C12H11ClN2O4S. The number of ether oxygens (including phenoxy) is 1. The number of nitrogens with zero attached hydrogens (tertiary/aromatic N) is 2. The molecule has 8 heteroatoms. The van der Waals surface area contributed by atoms with Crippen LogP contribution in [0, 0.1) is 24.0 Å². The number of nitro benzene ring substituents is 1. The number of aliphatic hydroxyl groups excluding tert-OH is 1. The van der Waals surface area contributed by atoms with Crippen LogP contribution in [-0.2, 0) is 6.61 Å². The average Bonchev–Trinajstić information content (AvgIpc) is 2.72. The van der Waals surface area contributed by atoms with Gasteiger partial charge in [-0.3, -0.25) is 10.1 Å².